The van der Waals surface area contributed by atoms with Gasteiger partial charge in [-0.15, -0.1) is 24.0 Å². The normalized spacial score (nSPS) is 11.1. The van der Waals surface area contributed by atoms with Crippen molar-refractivity contribution in [3.63, 3.8) is 0 Å². The minimum Gasteiger partial charge on any atom is -0.493 e. The fourth-order valence-electron chi connectivity index (χ4n) is 1.98. The van der Waals surface area contributed by atoms with Gasteiger partial charge in [-0.05, 0) is 25.5 Å². The second kappa shape index (κ2) is 14.8. The lowest BCUT2D eigenvalue weighted by molar-refractivity contribution is -0.0505. The van der Waals surface area contributed by atoms with Gasteiger partial charge in [-0.25, -0.2) is 0 Å². The number of nitrogens with one attached hydrogen (secondary N) is 2. The number of halogens is 3. The molecule has 0 saturated carbocycles. The first kappa shape index (κ1) is 24.6. The lowest BCUT2D eigenvalue weighted by Crippen LogP contribution is -2.38. The molecule has 150 valence electrons. The van der Waals surface area contributed by atoms with Crippen molar-refractivity contribution >= 4 is 29.9 Å². The molecule has 0 bridgehead atoms. The van der Waals surface area contributed by atoms with E-state index in [0.29, 0.717) is 43.6 Å². The smallest absolute Gasteiger partial charge is 0.387 e. The Labute approximate surface area is 170 Å². The minimum absolute atomic E-state index is 0. The molecule has 0 atom stereocenters. The molecule has 1 rings (SSSR count). The Morgan fingerprint density at radius 2 is 1.96 bits per heavy atom. The monoisotopic (exact) mass is 487 g/mol. The molecule has 0 aromatic heterocycles. The van der Waals surface area contributed by atoms with E-state index in [1.54, 1.807) is 19.2 Å². The van der Waals surface area contributed by atoms with Gasteiger partial charge in [0.25, 0.3) is 0 Å². The highest BCUT2D eigenvalue weighted by atomic mass is 127. The van der Waals surface area contributed by atoms with Gasteiger partial charge >= 0.3 is 6.61 Å². The average molecular weight is 487 g/mol. The molecular weight excluding hydrogens is 459 g/mol. The Morgan fingerprint density at radius 1 is 1.19 bits per heavy atom. The number of hydrogen-bond acceptors (Lipinski definition) is 4. The van der Waals surface area contributed by atoms with E-state index in [4.69, 9.17) is 9.47 Å². The third-order valence-corrected chi connectivity index (χ3v) is 3.14. The fourth-order valence-corrected chi connectivity index (χ4v) is 1.98. The predicted molar refractivity (Wildman–Crippen MR) is 109 cm³/mol. The lowest BCUT2D eigenvalue weighted by atomic mass is 10.2. The molecule has 0 spiro atoms. The van der Waals surface area contributed by atoms with Crippen LogP contribution in [0.3, 0.4) is 0 Å². The fraction of sp³-hybridized carbons (Fsp3) is 0.588. The van der Waals surface area contributed by atoms with E-state index in [0.717, 1.165) is 6.42 Å². The lowest BCUT2D eigenvalue weighted by Gasteiger charge is -2.16. The Hall–Kier alpha value is -1.36. The molecule has 0 aliphatic heterocycles. The van der Waals surface area contributed by atoms with Gasteiger partial charge in [0.05, 0.1) is 13.2 Å². The molecule has 1 aromatic carbocycles. The highest BCUT2D eigenvalue weighted by Gasteiger charge is 2.12. The summed E-state index contributed by atoms with van der Waals surface area (Å²) in [5.41, 5.74) is 0.580. The van der Waals surface area contributed by atoms with Gasteiger partial charge in [-0.3, -0.25) is 4.99 Å². The highest BCUT2D eigenvalue weighted by Crippen LogP contribution is 2.26. The van der Waals surface area contributed by atoms with E-state index < -0.39 is 6.61 Å². The zero-order chi connectivity index (χ0) is 18.5. The first-order valence-corrected chi connectivity index (χ1v) is 8.33. The van der Waals surface area contributed by atoms with Crippen LogP contribution in [-0.2, 0) is 11.3 Å². The van der Waals surface area contributed by atoms with Gasteiger partial charge in [0.1, 0.15) is 11.5 Å². The van der Waals surface area contributed by atoms with Crippen LogP contribution in [0, 0.1) is 0 Å². The van der Waals surface area contributed by atoms with Crippen LogP contribution in [0.5, 0.6) is 11.5 Å². The van der Waals surface area contributed by atoms with E-state index in [1.165, 1.54) is 6.07 Å². The summed E-state index contributed by atoms with van der Waals surface area (Å²) in [4.78, 5) is 4.07. The van der Waals surface area contributed by atoms with Crippen molar-refractivity contribution in [2.75, 3.05) is 33.4 Å². The molecule has 0 aliphatic carbocycles. The van der Waals surface area contributed by atoms with E-state index >= 15 is 0 Å². The number of ether oxygens (including phenoxy) is 3. The van der Waals surface area contributed by atoms with Gasteiger partial charge in [0, 0.05) is 38.4 Å². The number of benzene rings is 1. The van der Waals surface area contributed by atoms with Crippen LogP contribution >= 0.6 is 24.0 Å². The second-order valence-electron chi connectivity index (χ2n) is 5.05. The molecular formula is C17H28F2IN3O3. The first-order valence-electron chi connectivity index (χ1n) is 8.33. The zero-order valence-electron chi connectivity index (χ0n) is 15.4. The van der Waals surface area contributed by atoms with Crippen molar-refractivity contribution in [1.29, 1.82) is 0 Å². The largest absolute Gasteiger partial charge is 0.493 e. The Morgan fingerprint density at radius 3 is 2.58 bits per heavy atom. The molecule has 0 aliphatic rings. The standard InChI is InChI=1S/C17H27F2N3O3.HI/c1-4-9-24-14-7-6-13(15(11-14)25-16(18)19)12-22-17(20-3)21-8-10-23-5-2;/h6-7,11,16H,4-5,8-10,12H2,1-3H3,(H2,20,21,22);1H. The van der Waals surface area contributed by atoms with Crippen molar-refractivity contribution in [3.05, 3.63) is 23.8 Å². The van der Waals surface area contributed by atoms with Crippen molar-refractivity contribution in [1.82, 2.24) is 10.6 Å². The van der Waals surface area contributed by atoms with Gasteiger partial charge in [-0.2, -0.15) is 8.78 Å². The molecule has 0 fully saturated rings. The molecule has 1 aromatic rings. The maximum Gasteiger partial charge on any atom is 0.387 e. The van der Waals surface area contributed by atoms with Crippen LogP contribution in [-0.4, -0.2) is 46.0 Å². The van der Waals surface area contributed by atoms with E-state index in [9.17, 15) is 8.78 Å². The molecule has 2 N–H and O–H groups in total. The third-order valence-electron chi connectivity index (χ3n) is 3.14. The maximum absolute atomic E-state index is 12.7. The average Bonchev–Trinajstić information content (AvgIpc) is 2.60. The number of guanidine groups is 1. The molecule has 9 heteroatoms. The van der Waals surface area contributed by atoms with E-state index in [2.05, 4.69) is 20.4 Å². The Balaban J connectivity index is 0.00000625. The summed E-state index contributed by atoms with van der Waals surface area (Å²) in [6.07, 6.45) is 0.831. The number of aliphatic imine (C=N–C) groups is 1. The van der Waals surface area contributed by atoms with Crippen molar-refractivity contribution in [3.8, 4) is 11.5 Å². The SMILES string of the molecule is CCCOc1ccc(CNC(=NC)NCCOCC)c(OC(F)F)c1.I. The summed E-state index contributed by atoms with van der Waals surface area (Å²) in [6, 6.07) is 4.91. The van der Waals surface area contributed by atoms with Crippen molar-refractivity contribution in [2.24, 2.45) is 4.99 Å². The minimum atomic E-state index is -2.90. The second-order valence-corrected chi connectivity index (χ2v) is 5.05. The molecule has 0 radical (unpaired) electrons. The van der Waals surface area contributed by atoms with E-state index in [-0.39, 0.29) is 36.3 Å². The maximum atomic E-state index is 12.7. The summed E-state index contributed by atoms with van der Waals surface area (Å²) in [6.45, 7) is 3.59. The third kappa shape index (κ3) is 9.95. The van der Waals surface area contributed by atoms with Crippen LogP contribution in [0.25, 0.3) is 0 Å². The molecule has 6 nitrogen and oxygen atoms in total. The van der Waals surface area contributed by atoms with Gasteiger partial charge in [0.15, 0.2) is 5.96 Å². The molecule has 0 saturated heterocycles. The summed E-state index contributed by atoms with van der Waals surface area (Å²) < 4.78 is 40.6. The summed E-state index contributed by atoms with van der Waals surface area (Å²) in [5.74, 6) is 1.13. The van der Waals surface area contributed by atoms with Crippen LogP contribution in [0.4, 0.5) is 8.78 Å². The Kier molecular flexibility index (Phi) is 14.0. The molecule has 0 unspecified atom stereocenters. The van der Waals surface area contributed by atoms with Gasteiger partial charge < -0.3 is 24.8 Å². The zero-order valence-corrected chi connectivity index (χ0v) is 17.7. The van der Waals surface area contributed by atoms with Crippen LogP contribution in [0.15, 0.2) is 23.2 Å². The summed E-state index contributed by atoms with van der Waals surface area (Å²) in [7, 11) is 1.63. The van der Waals surface area contributed by atoms with Gasteiger partial charge in [-0.1, -0.05) is 6.92 Å². The quantitative estimate of drug-likeness (QED) is 0.217. The topological polar surface area (TPSA) is 64.1 Å². The van der Waals surface area contributed by atoms with Crippen molar-refractivity contribution < 1.29 is 23.0 Å². The van der Waals surface area contributed by atoms with E-state index in [1.807, 2.05) is 13.8 Å². The number of hydrogen-bond donors (Lipinski definition) is 2. The number of nitrogens with zero attached hydrogens (tertiary/aromatic N) is 1. The molecule has 0 amide bonds. The summed E-state index contributed by atoms with van der Waals surface area (Å²) in [5, 5.41) is 6.13. The van der Waals surface area contributed by atoms with Crippen LogP contribution < -0.4 is 20.1 Å². The summed E-state index contributed by atoms with van der Waals surface area (Å²) >= 11 is 0. The highest BCUT2D eigenvalue weighted by molar-refractivity contribution is 14.0. The number of alkyl halides is 2. The Bertz CT molecular complexity index is 534. The van der Waals surface area contributed by atoms with Crippen LogP contribution in [0.2, 0.25) is 0 Å². The number of rotatable bonds is 11. The van der Waals surface area contributed by atoms with Crippen LogP contribution in [0.1, 0.15) is 25.8 Å². The van der Waals surface area contributed by atoms with Gasteiger partial charge in [0.2, 0.25) is 0 Å². The molecule has 0 heterocycles. The molecule has 26 heavy (non-hydrogen) atoms. The predicted octanol–water partition coefficient (Wildman–Crippen LogP) is 3.40. The first-order chi connectivity index (χ1) is 12.1. The van der Waals surface area contributed by atoms with Crippen molar-refractivity contribution in [2.45, 2.75) is 33.4 Å².